The molecule has 35 heavy (non-hydrogen) atoms. The number of hydrogen-bond donors (Lipinski definition) is 0. The van der Waals surface area contributed by atoms with Gasteiger partial charge in [0, 0.05) is 0 Å². The van der Waals surface area contributed by atoms with Crippen LogP contribution in [0.4, 0.5) is 57.1 Å². The number of methoxy groups -OCH3 is 2. The molecule has 0 aliphatic heterocycles. The molecule has 0 atom stereocenters. The van der Waals surface area contributed by atoms with Crippen LogP contribution in [0.3, 0.4) is 0 Å². The van der Waals surface area contributed by atoms with Crippen molar-refractivity contribution in [2.24, 2.45) is 0 Å². The fraction of sp³-hybridized carbons (Fsp3) is 0.421. The number of fused-ring (bicyclic) bond motifs is 1. The second-order valence-corrected chi connectivity index (χ2v) is 6.90. The molecule has 0 fully saturated rings. The zero-order chi connectivity index (χ0) is 27.4. The zero-order valence-electron chi connectivity index (χ0n) is 17.0. The Hall–Kier alpha value is -2.94. The lowest BCUT2D eigenvalue weighted by Crippen LogP contribution is -2.69. The van der Waals surface area contributed by atoms with Gasteiger partial charge in [0.1, 0.15) is 5.75 Å². The van der Waals surface area contributed by atoms with E-state index in [1.807, 2.05) is 0 Å². The Kier molecular flexibility index (Phi) is 6.73. The molecule has 0 aliphatic rings. The molecule has 0 bridgehead atoms. The molecule has 0 spiro atoms. The highest BCUT2D eigenvalue weighted by molar-refractivity contribution is 6.06. The molecule has 3 nitrogen and oxygen atoms in total. The fourth-order valence-electron chi connectivity index (χ4n) is 3.05. The second-order valence-electron chi connectivity index (χ2n) is 6.90. The van der Waals surface area contributed by atoms with Crippen LogP contribution >= 0.6 is 0 Å². The Morgan fingerprint density at radius 2 is 1.17 bits per heavy atom. The van der Waals surface area contributed by atoms with E-state index >= 15 is 0 Å². The van der Waals surface area contributed by atoms with Gasteiger partial charge in [0.2, 0.25) is 0 Å². The summed E-state index contributed by atoms with van der Waals surface area (Å²) in [6.45, 7) is 0. The number of benzene rings is 2. The first-order valence-corrected chi connectivity index (χ1v) is 8.79. The lowest BCUT2D eigenvalue weighted by atomic mass is 9.87. The maximum Gasteiger partial charge on any atom is 0.460 e. The summed E-state index contributed by atoms with van der Waals surface area (Å²) in [6, 6.07) is 3.42. The lowest BCUT2D eigenvalue weighted by molar-refractivity contribution is -0.441. The third kappa shape index (κ3) is 3.80. The third-order valence-corrected chi connectivity index (χ3v) is 4.90. The van der Waals surface area contributed by atoms with Crippen LogP contribution < -0.4 is 4.74 Å². The summed E-state index contributed by atoms with van der Waals surface area (Å²) in [5.74, 6) is -40.6. The quantitative estimate of drug-likeness (QED) is 0.289. The van der Waals surface area contributed by atoms with Crippen LogP contribution in [0.25, 0.3) is 10.8 Å². The van der Waals surface area contributed by atoms with Crippen molar-refractivity contribution >= 4 is 16.7 Å². The van der Waals surface area contributed by atoms with Gasteiger partial charge in [0.05, 0.1) is 25.3 Å². The van der Waals surface area contributed by atoms with E-state index in [1.54, 1.807) is 0 Å². The summed E-state index contributed by atoms with van der Waals surface area (Å²) in [7, 11) is 1.37. The molecule has 2 rings (SSSR count). The third-order valence-electron chi connectivity index (χ3n) is 4.90. The first kappa shape index (κ1) is 28.3. The van der Waals surface area contributed by atoms with Crippen LogP contribution in [-0.4, -0.2) is 50.1 Å². The number of carbonyl (C=O) groups excluding carboxylic acids is 1. The summed E-state index contributed by atoms with van der Waals surface area (Å²) < 4.78 is 186. The molecule has 2 aromatic rings. The van der Waals surface area contributed by atoms with Crippen LogP contribution in [0.15, 0.2) is 30.3 Å². The molecule has 0 saturated carbocycles. The molecular weight excluding hydrogens is 523 g/mol. The SMILES string of the molecule is COC(=O)c1cccc2c(C(F)(F)C(F)(F)C(F)(F)C(F)(F)C(F)(F)C(F)(F)F)c(OC)ccc12. The van der Waals surface area contributed by atoms with Gasteiger partial charge in [-0.2, -0.15) is 57.1 Å². The fourth-order valence-corrected chi connectivity index (χ4v) is 3.05. The van der Waals surface area contributed by atoms with E-state index in [0.717, 1.165) is 25.3 Å². The molecule has 0 amide bonds. The molecular formula is C19H11F13O3. The first-order chi connectivity index (χ1) is 15.6. The number of halogens is 13. The van der Waals surface area contributed by atoms with Crippen LogP contribution in [-0.2, 0) is 10.7 Å². The molecule has 16 heteroatoms. The van der Waals surface area contributed by atoms with Crippen molar-refractivity contribution in [1.29, 1.82) is 0 Å². The molecule has 0 aromatic heterocycles. The number of esters is 1. The van der Waals surface area contributed by atoms with E-state index in [0.29, 0.717) is 19.2 Å². The lowest BCUT2D eigenvalue weighted by Gasteiger charge is -2.40. The minimum absolute atomic E-state index is 0.425. The summed E-state index contributed by atoms with van der Waals surface area (Å²) in [6.07, 6.45) is -7.52. The highest BCUT2D eigenvalue weighted by atomic mass is 19.4. The average Bonchev–Trinajstić information content (AvgIpc) is 2.75. The predicted octanol–water partition coefficient (Wildman–Crippen LogP) is 6.83. The van der Waals surface area contributed by atoms with E-state index in [-0.39, 0.29) is 0 Å². The van der Waals surface area contributed by atoms with Gasteiger partial charge in [0.25, 0.3) is 0 Å². The number of alkyl halides is 13. The highest BCUT2D eigenvalue weighted by Gasteiger charge is 2.91. The summed E-state index contributed by atoms with van der Waals surface area (Å²) in [5, 5.41) is -1.86. The molecule has 0 radical (unpaired) electrons. The largest absolute Gasteiger partial charge is 0.496 e. The Morgan fingerprint density at radius 3 is 1.63 bits per heavy atom. The minimum atomic E-state index is -8.04. The van der Waals surface area contributed by atoms with Crippen LogP contribution in [0.2, 0.25) is 0 Å². The monoisotopic (exact) mass is 534 g/mol. The summed E-state index contributed by atoms with van der Waals surface area (Å²) >= 11 is 0. The van der Waals surface area contributed by atoms with E-state index in [2.05, 4.69) is 9.47 Å². The van der Waals surface area contributed by atoms with Gasteiger partial charge in [-0.3, -0.25) is 0 Å². The van der Waals surface area contributed by atoms with Gasteiger partial charge in [-0.25, -0.2) is 4.79 Å². The summed E-state index contributed by atoms with van der Waals surface area (Å²) in [5.41, 5.74) is -2.90. The molecule has 0 unspecified atom stereocenters. The maximum absolute atomic E-state index is 15.0. The number of ether oxygens (including phenoxy) is 2. The van der Waals surface area contributed by atoms with Gasteiger partial charge in [-0.1, -0.05) is 12.1 Å². The van der Waals surface area contributed by atoms with Crippen LogP contribution in [0, 0.1) is 0 Å². The second kappa shape index (κ2) is 8.33. The van der Waals surface area contributed by atoms with Crippen molar-refractivity contribution in [1.82, 2.24) is 0 Å². The Morgan fingerprint density at radius 1 is 0.657 bits per heavy atom. The standard InChI is InChI=1S/C19H11F13O3/c1-34-11-7-6-8-9(4-3-5-10(8)13(33)35-2)12(11)14(20,21)15(22,23)16(24,25)17(26,27)18(28,29)19(30,31)32/h3-7H,1-2H3. The Balaban J connectivity index is 2.90. The van der Waals surface area contributed by atoms with Gasteiger partial charge in [-0.15, -0.1) is 0 Å². The van der Waals surface area contributed by atoms with Gasteiger partial charge in [0.15, 0.2) is 0 Å². The first-order valence-electron chi connectivity index (χ1n) is 8.79. The van der Waals surface area contributed by atoms with Crippen molar-refractivity contribution in [2.75, 3.05) is 14.2 Å². The van der Waals surface area contributed by atoms with Crippen molar-refractivity contribution < 1.29 is 71.3 Å². The van der Waals surface area contributed by atoms with E-state index < -0.39 is 69.4 Å². The molecule has 0 aliphatic carbocycles. The molecule has 2 aromatic carbocycles. The van der Waals surface area contributed by atoms with Crippen molar-refractivity contribution in [3.63, 3.8) is 0 Å². The van der Waals surface area contributed by atoms with Gasteiger partial charge >= 0.3 is 41.8 Å². The molecule has 196 valence electrons. The Bertz CT molecular complexity index is 1120. The predicted molar refractivity (Wildman–Crippen MR) is 91.6 cm³/mol. The number of rotatable bonds is 7. The van der Waals surface area contributed by atoms with Crippen LogP contribution in [0.5, 0.6) is 5.75 Å². The molecule has 0 N–H and O–H groups in total. The number of hydrogen-bond acceptors (Lipinski definition) is 3. The summed E-state index contributed by atoms with van der Waals surface area (Å²) in [4.78, 5) is 11.8. The van der Waals surface area contributed by atoms with E-state index in [9.17, 15) is 61.9 Å². The van der Waals surface area contributed by atoms with Gasteiger partial charge < -0.3 is 9.47 Å². The molecule has 0 saturated heterocycles. The zero-order valence-corrected chi connectivity index (χ0v) is 17.0. The maximum atomic E-state index is 15.0. The number of carbonyl (C=O) groups is 1. The highest BCUT2D eigenvalue weighted by Crippen LogP contribution is 2.63. The van der Waals surface area contributed by atoms with Crippen molar-refractivity contribution in [3.8, 4) is 5.75 Å². The van der Waals surface area contributed by atoms with E-state index in [4.69, 9.17) is 0 Å². The molecule has 0 heterocycles. The topological polar surface area (TPSA) is 35.5 Å². The van der Waals surface area contributed by atoms with E-state index in [1.165, 1.54) is 0 Å². The Labute approximate surface area is 186 Å². The average molecular weight is 534 g/mol. The van der Waals surface area contributed by atoms with Crippen molar-refractivity contribution in [2.45, 2.75) is 35.8 Å². The van der Waals surface area contributed by atoms with Crippen molar-refractivity contribution in [3.05, 3.63) is 41.5 Å². The van der Waals surface area contributed by atoms with Crippen LogP contribution in [0.1, 0.15) is 15.9 Å². The minimum Gasteiger partial charge on any atom is -0.496 e. The smallest absolute Gasteiger partial charge is 0.460 e. The van der Waals surface area contributed by atoms with Gasteiger partial charge in [-0.05, 0) is 29.0 Å². The normalized spacial score (nSPS) is 14.3.